The monoisotopic (exact) mass is 419 g/mol. The predicted molar refractivity (Wildman–Crippen MR) is 113 cm³/mol. The van der Waals surface area contributed by atoms with Crippen LogP contribution in [0.2, 0.25) is 0 Å². The van der Waals surface area contributed by atoms with E-state index in [4.69, 9.17) is 17.0 Å². The number of halogens is 1. The van der Waals surface area contributed by atoms with Crippen molar-refractivity contribution in [3.63, 3.8) is 0 Å². The molecule has 3 aromatic rings. The number of benzene rings is 2. The van der Waals surface area contributed by atoms with Crippen LogP contribution in [0.15, 0.2) is 78.4 Å². The molecule has 1 N–H and O–H groups in total. The van der Waals surface area contributed by atoms with Gasteiger partial charge in [0.2, 0.25) is 5.95 Å². The minimum Gasteiger partial charge on any atom is -0.457 e. The summed E-state index contributed by atoms with van der Waals surface area (Å²) in [6.07, 6.45) is 1.22. The summed E-state index contributed by atoms with van der Waals surface area (Å²) in [6.45, 7) is 0. The molecule has 148 valence electrons. The predicted octanol–water partition coefficient (Wildman–Crippen LogP) is 3.84. The number of para-hydroxylation sites is 1. The van der Waals surface area contributed by atoms with Crippen LogP contribution in [0, 0.1) is 5.95 Å². The zero-order chi connectivity index (χ0) is 21.1. The summed E-state index contributed by atoms with van der Waals surface area (Å²) in [7, 11) is 0. The molecule has 1 fully saturated rings. The fourth-order valence-corrected chi connectivity index (χ4v) is 3.11. The lowest BCUT2D eigenvalue weighted by Crippen LogP contribution is -2.54. The lowest BCUT2D eigenvalue weighted by molar-refractivity contribution is -0.122. The maximum Gasteiger partial charge on any atom is 0.270 e. The largest absolute Gasteiger partial charge is 0.457 e. The van der Waals surface area contributed by atoms with Crippen molar-refractivity contribution in [1.29, 1.82) is 0 Å². The van der Waals surface area contributed by atoms with E-state index in [1.807, 2.05) is 30.3 Å². The third kappa shape index (κ3) is 4.08. The van der Waals surface area contributed by atoms with Gasteiger partial charge in [0.1, 0.15) is 17.1 Å². The number of thiocarbonyl (C=S) groups is 1. The van der Waals surface area contributed by atoms with E-state index in [0.29, 0.717) is 17.2 Å². The number of carbonyl (C=O) groups is 2. The average Bonchev–Trinajstić information content (AvgIpc) is 2.73. The highest BCUT2D eigenvalue weighted by Crippen LogP contribution is 2.26. The molecule has 0 saturated carbocycles. The number of ether oxygens (including phenoxy) is 1. The second-order valence-electron chi connectivity index (χ2n) is 6.25. The Hall–Kier alpha value is -3.91. The van der Waals surface area contributed by atoms with Crippen molar-refractivity contribution in [2.75, 3.05) is 4.90 Å². The Balaban J connectivity index is 1.60. The number of aromatic nitrogens is 1. The Kier molecular flexibility index (Phi) is 5.32. The van der Waals surface area contributed by atoms with Crippen molar-refractivity contribution in [3.8, 4) is 11.5 Å². The van der Waals surface area contributed by atoms with Gasteiger partial charge in [0.25, 0.3) is 11.8 Å². The molecule has 2 aromatic carbocycles. The molecule has 0 aliphatic carbocycles. The molecule has 1 aromatic heterocycles. The van der Waals surface area contributed by atoms with E-state index >= 15 is 0 Å². The maximum atomic E-state index is 13.3. The Bertz CT molecular complexity index is 1160. The first kappa shape index (κ1) is 19.4. The SMILES string of the molecule is O=C1NC(=S)N(c2ccc(Oc3ccccc3)cc2)C(=O)C1=Cc1cccc(F)n1. The summed E-state index contributed by atoms with van der Waals surface area (Å²) in [5.74, 6) is -0.767. The van der Waals surface area contributed by atoms with E-state index in [9.17, 15) is 14.0 Å². The van der Waals surface area contributed by atoms with Crippen LogP contribution in [0.3, 0.4) is 0 Å². The molecular weight excluding hydrogens is 405 g/mol. The summed E-state index contributed by atoms with van der Waals surface area (Å²) in [4.78, 5) is 30.1. The standard InChI is InChI=1S/C22H14FN3O3S/c23-19-8-4-5-14(24-19)13-18-20(27)25-22(30)26(21(18)28)15-9-11-17(12-10-15)29-16-6-2-1-3-7-16/h1-13H,(H,25,27,30). The van der Waals surface area contributed by atoms with Gasteiger partial charge in [-0.3, -0.25) is 19.8 Å². The highest BCUT2D eigenvalue weighted by atomic mass is 32.1. The summed E-state index contributed by atoms with van der Waals surface area (Å²) in [5, 5.41) is 2.42. The molecule has 1 saturated heterocycles. The van der Waals surface area contributed by atoms with Crippen molar-refractivity contribution in [3.05, 3.63) is 90.0 Å². The van der Waals surface area contributed by atoms with Crippen LogP contribution in [-0.4, -0.2) is 21.9 Å². The average molecular weight is 419 g/mol. The van der Waals surface area contributed by atoms with Gasteiger partial charge >= 0.3 is 0 Å². The number of hydrogen-bond donors (Lipinski definition) is 1. The van der Waals surface area contributed by atoms with Crippen molar-refractivity contribution in [2.45, 2.75) is 0 Å². The summed E-state index contributed by atoms with van der Waals surface area (Å²) in [5.41, 5.74) is 0.391. The van der Waals surface area contributed by atoms with Crippen LogP contribution >= 0.6 is 12.2 Å². The lowest BCUT2D eigenvalue weighted by atomic mass is 10.1. The molecule has 6 nitrogen and oxygen atoms in total. The maximum absolute atomic E-state index is 13.3. The van der Waals surface area contributed by atoms with Gasteiger partial charge in [-0.2, -0.15) is 4.39 Å². The van der Waals surface area contributed by atoms with Gasteiger partial charge in [0.15, 0.2) is 5.11 Å². The van der Waals surface area contributed by atoms with Crippen LogP contribution in [0.1, 0.15) is 5.69 Å². The minimum atomic E-state index is -0.714. The molecule has 8 heteroatoms. The van der Waals surface area contributed by atoms with Gasteiger partial charge in [-0.05, 0) is 66.8 Å². The summed E-state index contributed by atoms with van der Waals surface area (Å²) >= 11 is 5.18. The van der Waals surface area contributed by atoms with Crippen LogP contribution in [-0.2, 0) is 9.59 Å². The summed E-state index contributed by atoms with van der Waals surface area (Å²) in [6, 6.07) is 20.0. The van der Waals surface area contributed by atoms with Gasteiger partial charge in [0, 0.05) is 0 Å². The van der Waals surface area contributed by atoms with E-state index in [1.54, 1.807) is 24.3 Å². The van der Waals surface area contributed by atoms with Gasteiger partial charge in [-0.1, -0.05) is 24.3 Å². The Labute approximate surface area is 176 Å². The number of hydrogen-bond acceptors (Lipinski definition) is 5. The van der Waals surface area contributed by atoms with E-state index in [-0.39, 0.29) is 16.4 Å². The zero-order valence-electron chi connectivity index (χ0n) is 15.4. The number of nitrogens with one attached hydrogen (secondary N) is 1. The quantitative estimate of drug-likeness (QED) is 0.301. The van der Waals surface area contributed by atoms with Gasteiger partial charge in [0.05, 0.1) is 11.4 Å². The van der Waals surface area contributed by atoms with E-state index in [0.717, 1.165) is 0 Å². The van der Waals surface area contributed by atoms with Crippen molar-refractivity contribution in [2.24, 2.45) is 0 Å². The smallest absolute Gasteiger partial charge is 0.270 e. The Morgan fingerprint density at radius 3 is 2.33 bits per heavy atom. The van der Waals surface area contributed by atoms with Crippen molar-refractivity contribution < 1.29 is 18.7 Å². The number of nitrogens with zero attached hydrogens (tertiary/aromatic N) is 2. The first-order chi connectivity index (χ1) is 14.5. The van der Waals surface area contributed by atoms with E-state index in [2.05, 4.69) is 10.3 Å². The third-order valence-electron chi connectivity index (χ3n) is 4.20. The molecule has 0 bridgehead atoms. The van der Waals surface area contributed by atoms with Gasteiger partial charge in [-0.25, -0.2) is 4.98 Å². The van der Waals surface area contributed by atoms with Crippen LogP contribution in [0.4, 0.5) is 10.1 Å². The summed E-state index contributed by atoms with van der Waals surface area (Å²) < 4.78 is 19.1. The molecule has 0 unspecified atom stereocenters. The Morgan fingerprint density at radius 2 is 1.63 bits per heavy atom. The van der Waals surface area contributed by atoms with E-state index in [1.165, 1.54) is 29.2 Å². The molecule has 30 heavy (non-hydrogen) atoms. The van der Waals surface area contributed by atoms with Crippen molar-refractivity contribution >= 4 is 40.9 Å². The number of carbonyl (C=O) groups excluding carboxylic acids is 2. The molecule has 4 rings (SSSR count). The minimum absolute atomic E-state index is 0.0499. The third-order valence-corrected chi connectivity index (χ3v) is 4.49. The van der Waals surface area contributed by atoms with Gasteiger partial charge < -0.3 is 4.74 Å². The topological polar surface area (TPSA) is 71.5 Å². The second-order valence-corrected chi connectivity index (χ2v) is 6.64. The highest BCUT2D eigenvalue weighted by Gasteiger charge is 2.34. The molecule has 0 radical (unpaired) electrons. The second kappa shape index (κ2) is 8.22. The zero-order valence-corrected chi connectivity index (χ0v) is 16.2. The normalized spacial score (nSPS) is 15.3. The van der Waals surface area contributed by atoms with Crippen molar-refractivity contribution in [1.82, 2.24) is 10.3 Å². The number of anilines is 1. The Morgan fingerprint density at radius 1 is 0.933 bits per heavy atom. The fraction of sp³-hybridized carbons (Fsp3) is 0. The van der Waals surface area contributed by atoms with Crippen LogP contribution in [0.5, 0.6) is 11.5 Å². The molecule has 0 atom stereocenters. The first-order valence-electron chi connectivity index (χ1n) is 8.88. The molecule has 2 heterocycles. The number of amides is 2. The lowest BCUT2D eigenvalue weighted by Gasteiger charge is -2.29. The number of rotatable bonds is 4. The van der Waals surface area contributed by atoms with Crippen LogP contribution < -0.4 is 15.0 Å². The van der Waals surface area contributed by atoms with Gasteiger partial charge in [-0.15, -0.1) is 0 Å². The molecule has 2 amide bonds. The molecule has 0 spiro atoms. The molecule has 1 aliphatic rings. The fourth-order valence-electron chi connectivity index (χ4n) is 2.83. The van der Waals surface area contributed by atoms with E-state index < -0.39 is 17.8 Å². The molecule has 1 aliphatic heterocycles. The highest BCUT2D eigenvalue weighted by molar-refractivity contribution is 7.80. The van der Waals surface area contributed by atoms with Crippen LogP contribution in [0.25, 0.3) is 6.08 Å². The first-order valence-corrected chi connectivity index (χ1v) is 9.29. The number of pyridine rings is 1. The molecular formula is C22H14FN3O3S.